The number of halogens is 1. The summed E-state index contributed by atoms with van der Waals surface area (Å²) in [6.07, 6.45) is 0. The van der Waals surface area contributed by atoms with E-state index >= 15 is 0 Å². The first-order chi connectivity index (χ1) is 7.40. The van der Waals surface area contributed by atoms with Gasteiger partial charge in [0.25, 0.3) is 0 Å². The monoisotopic (exact) mass is 237 g/mol. The summed E-state index contributed by atoms with van der Waals surface area (Å²) >= 11 is 6.10. The number of likely N-dealkylation sites (N-methyl/N-ethyl adjacent to an activating group) is 1. The van der Waals surface area contributed by atoms with Gasteiger partial charge in [0.1, 0.15) is 11.2 Å². The van der Waals surface area contributed by atoms with E-state index in [1.807, 2.05) is 0 Å². The quantitative estimate of drug-likeness (QED) is 0.702. The van der Waals surface area contributed by atoms with Crippen molar-refractivity contribution in [3.8, 4) is 0 Å². The first-order valence-electron chi connectivity index (χ1n) is 4.99. The van der Waals surface area contributed by atoms with E-state index in [0.29, 0.717) is 10.6 Å². The minimum absolute atomic E-state index is 0.184. The number of benzene rings is 1. The van der Waals surface area contributed by atoms with Gasteiger partial charge in [0.2, 0.25) is 5.91 Å². The molecule has 1 atom stereocenters. The largest absolute Gasteiger partial charge is 0.314 e. The normalized spacial score (nSPS) is 23.5. The van der Waals surface area contributed by atoms with Gasteiger partial charge in [-0.1, -0.05) is 17.7 Å². The van der Waals surface area contributed by atoms with Crippen LogP contribution in [0.25, 0.3) is 0 Å². The molecule has 1 aliphatic heterocycles. The molecule has 0 spiro atoms. The molecule has 16 heavy (non-hydrogen) atoms. The average Bonchev–Trinajstić information content (AvgIpc) is 2.43. The Kier molecular flexibility index (Phi) is 2.31. The van der Waals surface area contributed by atoms with Crippen LogP contribution >= 0.6 is 11.6 Å². The van der Waals surface area contributed by atoms with Crippen LogP contribution in [0.15, 0.2) is 18.2 Å². The summed E-state index contributed by atoms with van der Waals surface area (Å²) in [4.78, 5) is 25.3. The minimum atomic E-state index is -1.14. The molecule has 1 aliphatic rings. The minimum Gasteiger partial charge on any atom is -0.314 e. The Hall–Kier alpha value is -1.35. The van der Waals surface area contributed by atoms with Crippen LogP contribution in [0.5, 0.6) is 0 Å². The van der Waals surface area contributed by atoms with Gasteiger partial charge in [0.05, 0.1) is 0 Å². The van der Waals surface area contributed by atoms with Crippen LogP contribution < -0.4 is 4.90 Å². The Morgan fingerprint density at radius 3 is 2.62 bits per heavy atom. The van der Waals surface area contributed by atoms with E-state index in [1.165, 1.54) is 11.8 Å². The molecular formula is C12H12ClNO2. The van der Waals surface area contributed by atoms with Crippen molar-refractivity contribution in [3.63, 3.8) is 0 Å². The predicted molar refractivity (Wildman–Crippen MR) is 62.9 cm³/mol. The van der Waals surface area contributed by atoms with Crippen molar-refractivity contribution >= 4 is 29.0 Å². The summed E-state index contributed by atoms with van der Waals surface area (Å²) in [6, 6.07) is 5.28. The van der Waals surface area contributed by atoms with E-state index in [0.717, 1.165) is 5.69 Å². The van der Waals surface area contributed by atoms with Crippen LogP contribution in [0.3, 0.4) is 0 Å². The Morgan fingerprint density at radius 1 is 1.44 bits per heavy atom. The number of rotatable bonds is 1. The number of amides is 1. The molecule has 0 saturated heterocycles. The van der Waals surface area contributed by atoms with E-state index in [1.54, 1.807) is 32.2 Å². The number of carbonyl (C=O) groups excluding carboxylic acids is 2. The van der Waals surface area contributed by atoms with Gasteiger partial charge >= 0.3 is 0 Å². The molecule has 84 valence electrons. The van der Waals surface area contributed by atoms with Crippen LogP contribution in [-0.2, 0) is 15.0 Å². The third-order valence-corrected chi connectivity index (χ3v) is 3.60. The van der Waals surface area contributed by atoms with Crippen molar-refractivity contribution in [2.75, 3.05) is 11.9 Å². The summed E-state index contributed by atoms with van der Waals surface area (Å²) < 4.78 is 0. The Balaban J connectivity index is 2.80. The van der Waals surface area contributed by atoms with Crippen molar-refractivity contribution in [2.24, 2.45) is 0 Å². The lowest BCUT2D eigenvalue weighted by molar-refractivity contribution is -0.132. The molecular weight excluding hydrogens is 226 g/mol. The molecule has 1 amide bonds. The third kappa shape index (κ3) is 1.15. The fourth-order valence-electron chi connectivity index (χ4n) is 2.17. The summed E-state index contributed by atoms with van der Waals surface area (Å²) in [5.41, 5.74) is 0.203. The molecule has 4 heteroatoms. The zero-order valence-corrected chi connectivity index (χ0v) is 10.1. The first kappa shape index (κ1) is 11.1. The third-order valence-electron chi connectivity index (χ3n) is 3.29. The van der Waals surface area contributed by atoms with E-state index in [-0.39, 0.29) is 11.7 Å². The molecule has 0 fully saturated rings. The number of Topliss-reactive ketones (excluding diaryl/α,β-unsaturated/α-hetero) is 1. The molecule has 1 aromatic carbocycles. The molecule has 0 N–H and O–H groups in total. The number of carbonyl (C=O) groups is 2. The SMILES string of the molecule is CC(=O)C1(C)C(=O)N(C)c2cccc(Cl)c21. The zero-order chi connectivity index (χ0) is 12.1. The maximum absolute atomic E-state index is 12.1. The molecule has 1 unspecified atom stereocenters. The number of hydrogen-bond acceptors (Lipinski definition) is 2. The maximum Gasteiger partial charge on any atom is 0.244 e. The highest BCUT2D eigenvalue weighted by Gasteiger charge is 2.50. The van der Waals surface area contributed by atoms with Crippen LogP contribution in [0.2, 0.25) is 5.02 Å². The number of nitrogens with zero attached hydrogens (tertiary/aromatic N) is 1. The lowest BCUT2D eigenvalue weighted by Gasteiger charge is -2.20. The fourth-order valence-corrected chi connectivity index (χ4v) is 2.52. The van der Waals surface area contributed by atoms with Crippen molar-refractivity contribution in [2.45, 2.75) is 19.3 Å². The fraction of sp³-hybridized carbons (Fsp3) is 0.333. The van der Waals surface area contributed by atoms with Crippen LogP contribution in [-0.4, -0.2) is 18.7 Å². The number of hydrogen-bond donors (Lipinski definition) is 0. The molecule has 2 rings (SSSR count). The molecule has 0 saturated carbocycles. The van der Waals surface area contributed by atoms with Gasteiger partial charge in [0, 0.05) is 23.3 Å². The maximum atomic E-state index is 12.1. The van der Waals surface area contributed by atoms with Gasteiger partial charge in [-0.15, -0.1) is 0 Å². The van der Waals surface area contributed by atoms with E-state index in [2.05, 4.69) is 0 Å². The van der Waals surface area contributed by atoms with Crippen LogP contribution in [0.4, 0.5) is 5.69 Å². The average molecular weight is 238 g/mol. The summed E-state index contributed by atoms with van der Waals surface area (Å²) in [5.74, 6) is -0.403. The zero-order valence-electron chi connectivity index (χ0n) is 9.37. The van der Waals surface area contributed by atoms with Gasteiger partial charge in [-0.2, -0.15) is 0 Å². The summed E-state index contributed by atoms with van der Waals surface area (Å²) in [5, 5.41) is 0.466. The topological polar surface area (TPSA) is 37.4 Å². The van der Waals surface area contributed by atoms with Crippen molar-refractivity contribution in [3.05, 3.63) is 28.8 Å². The molecule has 0 aromatic heterocycles. The Labute approximate surface area is 99.0 Å². The highest BCUT2D eigenvalue weighted by atomic mass is 35.5. The predicted octanol–water partition coefficient (Wildman–Crippen LogP) is 2.16. The first-order valence-corrected chi connectivity index (χ1v) is 5.36. The summed E-state index contributed by atoms with van der Waals surface area (Å²) in [6.45, 7) is 3.05. The number of ketones is 1. The lowest BCUT2D eigenvalue weighted by atomic mass is 9.80. The Bertz CT molecular complexity index is 498. The second kappa shape index (κ2) is 3.32. The van der Waals surface area contributed by atoms with Crippen molar-refractivity contribution in [1.82, 2.24) is 0 Å². The standard InChI is InChI=1S/C12H12ClNO2/c1-7(15)12(2)10-8(13)5-4-6-9(10)14(3)11(12)16/h4-6H,1-3H3. The van der Waals surface area contributed by atoms with Gasteiger partial charge in [-0.05, 0) is 26.0 Å². The number of anilines is 1. The number of fused-ring (bicyclic) bond motifs is 1. The van der Waals surface area contributed by atoms with Crippen LogP contribution in [0, 0.1) is 0 Å². The van der Waals surface area contributed by atoms with Gasteiger partial charge in [-0.3, -0.25) is 9.59 Å². The van der Waals surface area contributed by atoms with Crippen LogP contribution in [0.1, 0.15) is 19.4 Å². The highest BCUT2D eigenvalue weighted by molar-refractivity contribution is 6.34. The van der Waals surface area contributed by atoms with Crippen molar-refractivity contribution < 1.29 is 9.59 Å². The molecule has 0 bridgehead atoms. The molecule has 1 heterocycles. The van der Waals surface area contributed by atoms with E-state index in [9.17, 15) is 9.59 Å². The van der Waals surface area contributed by atoms with Gasteiger partial charge in [-0.25, -0.2) is 0 Å². The molecule has 3 nitrogen and oxygen atoms in total. The lowest BCUT2D eigenvalue weighted by Crippen LogP contribution is -2.41. The van der Waals surface area contributed by atoms with E-state index in [4.69, 9.17) is 11.6 Å². The smallest absolute Gasteiger partial charge is 0.244 e. The summed E-state index contributed by atoms with van der Waals surface area (Å²) in [7, 11) is 1.66. The molecule has 0 aliphatic carbocycles. The second-order valence-corrected chi connectivity index (χ2v) is 4.59. The van der Waals surface area contributed by atoms with Crippen molar-refractivity contribution in [1.29, 1.82) is 0 Å². The molecule has 1 aromatic rings. The second-order valence-electron chi connectivity index (χ2n) is 4.18. The van der Waals surface area contributed by atoms with Gasteiger partial charge in [0.15, 0.2) is 0 Å². The molecule has 0 radical (unpaired) electrons. The Morgan fingerprint density at radius 2 is 2.06 bits per heavy atom. The van der Waals surface area contributed by atoms with E-state index < -0.39 is 5.41 Å². The highest BCUT2D eigenvalue weighted by Crippen LogP contribution is 2.45. The van der Waals surface area contributed by atoms with Gasteiger partial charge < -0.3 is 4.90 Å².